The number of hydrogen-bond acceptors (Lipinski definition) is 6. The number of amides is 3. The number of anilines is 1. The van der Waals surface area contributed by atoms with Gasteiger partial charge in [-0.15, -0.1) is 0 Å². The fourth-order valence-corrected chi connectivity index (χ4v) is 3.26. The molecule has 29 heavy (non-hydrogen) atoms. The second-order valence-electron chi connectivity index (χ2n) is 7.31. The van der Waals surface area contributed by atoms with Crippen molar-refractivity contribution in [3.63, 3.8) is 0 Å². The fourth-order valence-electron chi connectivity index (χ4n) is 3.26. The molecule has 9 nitrogen and oxygen atoms in total. The summed E-state index contributed by atoms with van der Waals surface area (Å²) in [6.45, 7) is 3.73. The van der Waals surface area contributed by atoms with Crippen LogP contribution in [0.25, 0.3) is 0 Å². The van der Waals surface area contributed by atoms with E-state index in [0.717, 1.165) is 12.8 Å². The first-order valence-electron chi connectivity index (χ1n) is 9.79. The Balaban J connectivity index is 1.50. The third-order valence-corrected chi connectivity index (χ3v) is 5.29. The summed E-state index contributed by atoms with van der Waals surface area (Å²) in [5, 5.41) is 5.61. The Hall–Kier alpha value is -2.81. The molecular weight excluding hydrogens is 376 g/mol. The maximum absolute atomic E-state index is 12.6. The van der Waals surface area contributed by atoms with E-state index < -0.39 is 11.8 Å². The topological polar surface area (TPSA) is 100 Å². The van der Waals surface area contributed by atoms with Crippen LogP contribution in [-0.4, -0.2) is 80.0 Å². The van der Waals surface area contributed by atoms with Gasteiger partial charge < -0.3 is 25.0 Å². The Kier molecular flexibility index (Phi) is 6.58. The molecule has 1 aromatic rings. The van der Waals surface area contributed by atoms with Gasteiger partial charge in [-0.25, -0.2) is 0 Å². The van der Waals surface area contributed by atoms with Crippen LogP contribution in [0, 0.1) is 0 Å². The maximum Gasteiger partial charge on any atom is 0.311 e. The van der Waals surface area contributed by atoms with Gasteiger partial charge in [-0.1, -0.05) is 0 Å². The minimum Gasteiger partial charge on any atom is -0.493 e. The number of piperazine rings is 1. The molecule has 1 aliphatic carbocycles. The van der Waals surface area contributed by atoms with Crippen molar-refractivity contribution in [2.75, 3.05) is 45.7 Å². The van der Waals surface area contributed by atoms with Crippen LogP contribution in [0.4, 0.5) is 5.69 Å². The van der Waals surface area contributed by atoms with E-state index in [-0.39, 0.29) is 18.0 Å². The molecular formula is C20H28N4O5. The Labute approximate surface area is 170 Å². The van der Waals surface area contributed by atoms with Gasteiger partial charge in [-0.3, -0.25) is 19.3 Å². The molecule has 2 N–H and O–H groups in total. The summed E-state index contributed by atoms with van der Waals surface area (Å²) in [6.07, 6.45) is 1.89. The van der Waals surface area contributed by atoms with Gasteiger partial charge in [0.2, 0.25) is 5.91 Å². The summed E-state index contributed by atoms with van der Waals surface area (Å²) >= 11 is 0. The first kappa shape index (κ1) is 20.9. The SMILES string of the molecule is COc1ccc(NC(=O)[C@@H](C)N2CCN(C(=O)C(=O)NC3CC3)CC2)cc1OC. The number of carbonyl (C=O) groups excluding carboxylic acids is 3. The Morgan fingerprint density at radius 1 is 1.03 bits per heavy atom. The van der Waals surface area contributed by atoms with Gasteiger partial charge in [-0.05, 0) is 31.9 Å². The van der Waals surface area contributed by atoms with Crippen molar-refractivity contribution in [1.82, 2.24) is 15.1 Å². The van der Waals surface area contributed by atoms with Crippen molar-refractivity contribution in [1.29, 1.82) is 0 Å². The Morgan fingerprint density at radius 2 is 1.69 bits per heavy atom. The lowest BCUT2D eigenvalue weighted by Gasteiger charge is -2.37. The van der Waals surface area contributed by atoms with Crippen LogP contribution in [0.5, 0.6) is 11.5 Å². The van der Waals surface area contributed by atoms with Gasteiger partial charge in [0, 0.05) is 44.0 Å². The maximum atomic E-state index is 12.6. The fraction of sp³-hybridized carbons (Fsp3) is 0.550. The van der Waals surface area contributed by atoms with Crippen LogP contribution in [0.2, 0.25) is 0 Å². The first-order valence-corrected chi connectivity index (χ1v) is 9.79. The molecule has 0 aromatic heterocycles. The van der Waals surface area contributed by atoms with Gasteiger partial charge in [0.05, 0.1) is 20.3 Å². The molecule has 2 aliphatic rings. The number of carbonyl (C=O) groups is 3. The number of rotatable bonds is 6. The van der Waals surface area contributed by atoms with Crippen molar-refractivity contribution in [3.8, 4) is 11.5 Å². The van der Waals surface area contributed by atoms with Crippen molar-refractivity contribution < 1.29 is 23.9 Å². The van der Waals surface area contributed by atoms with E-state index in [1.54, 1.807) is 30.2 Å². The van der Waals surface area contributed by atoms with Crippen LogP contribution < -0.4 is 20.1 Å². The number of nitrogens with one attached hydrogen (secondary N) is 2. The van der Waals surface area contributed by atoms with Gasteiger partial charge in [-0.2, -0.15) is 0 Å². The zero-order valence-corrected chi connectivity index (χ0v) is 17.1. The average molecular weight is 404 g/mol. The molecule has 3 rings (SSSR count). The van der Waals surface area contributed by atoms with Crippen molar-refractivity contribution in [2.45, 2.75) is 31.8 Å². The molecule has 1 atom stereocenters. The quantitative estimate of drug-likeness (QED) is 0.668. The molecule has 0 unspecified atom stereocenters. The van der Waals surface area contributed by atoms with E-state index in [0.29, 0.717) is 43.4 Å². The molecule has 0 spiro atoms. The zero-order chi connectivity index (χ0) is 21.0. The molecule has 3 amide bonds. The van der Waals surface area contributed by atoms with Gasteiger partial charge >= 0.3 is 11.8 Å². The minimum absolute atomic E-state index is 0.150. The lowest BCUT2D eigenvalue weighted by atomic mass is 10.2. The van der Waals surface area contributed by atoms with Crippen molar-refractivity contribution >= 4 is 23.4 Å². The van der Waals surface area contributed by atoms with Crippen LogP contribution in [0.3, 0.4) is 0 Å². The smallest absolute Gasteiger partial charge is 0.311 e. The molecule has 1 saturated carbocycles. The zero-order valence-electron chi connectivity index (χ0n) is 17.1. The van der Waals surface area contributed by atoms with E-state index in [1.165, 1.54) is 7.11 Å². The van der Waals surface area contributed by atoms with E-state index in [4.69, 9.17) is 9.47 Å². The largest absolute Gasteiger partial charge is 0.493 e. The van der Waals surface area contributed by atoms with Crippen LogP contribution in [0.1, 0.15) is 19.8 Å². The highest BCUT2D eigenvalue weighted by Gasteiger charge is 2.32. The molecule has 1 aromatic carbocycles. The summed E-state index contributed by atoms with van der Waals surface area (Å²) in [5.41, 5.74) is 0.616. The second kappa shape index (κ2) is 9.13. The summed E-state index contributed by atoms with van der Waals surface area (Å²) < 4.78 is 10.5. The highest BCUT2D eigenvalue weighted by Crippen LogP contribution is 2.29. The number of ether oxygens (including phenoxy) is 2. The standard InChI is InChI=1S/C20H28N4O5/c1-13(18(25)22-15-6-7-16(28-2)17(12-15)29-3)23-8-10-24(11-9-23)20(27)19(26)21-14-4-5-14/h6-7,12-14H,4-5,8-11H2,1-3H3,(H,21,26)(H,22,25)/t13-/m1/s1. The molecule has 1 aliphatic heterocycles. The number of nitrogens with zero attached hydrogens (tertiary/aromatic N) is 2. The van der Waals surface area contributed by atoms with Crippen molar-refractivity contribution in [2.24, 2.45) is 0 Å². The van der Waals surface area contributed by atoms with Crippen molar-refractivity contribution in [3.05, 3.63) is 18.2 Å². The summed E-state index contributed by atoms with van der Waals surface area (Å²) in [5.74, 6) is -0.0396. The molecule has 9 heteroatoms. The summed E-state index contributed by atoms with van der Waals surface area (Å²) in [6, 6.07) is 4.98. The lowest BCUT2D eigenvalue weighted by Crippen LogP contribution is -2.56. The summed E-state index contributed by atoms with van der Waals surface area (Å²) in [7, 11) is 3.09. The predicted molar refractivity (Wildman–Crippen MR) is 107 cm³/mol. The molecule has 0 radical (unpaired) electrons. The molecule has 158 valence electrons. The van der Waals surface area contributed by atoms with E-state index >= 15 is 0 Å². The van der Waals surface area contributed by atoms with Crippen LogP contribution in [0.15, 0.2) is 18.2 Å². The lowest BCUT2D eigenvalue weighted by molar-refractivity contribution is -0.147. The highest BCUT2D eigenvalue weighted by molar-refractivity contribution is 6.35. The normalized spacial score (nSPS) is 18.0. The third-order valence-electron chi connectivity index (χ3n) is 5.29. The average Bonchev–Trinajstić information content (AvgIpc) is 3.56. The molecule has 1 saturated heterocycles. The van der Waals surface area contributed by atoms with E-state index in [2.05, 4.69) is 10.6 Å². The minimum atomic E-state index is -0.528. The van der Waals surface area contributed by atoms with Gasteiger partial charge in [0.15, 0.2) is 11.5 Å². The molecule has 0 bridgehead atoms. The first-order chi connectivity index (χ1) is 13.9. The predicted octanol–water partition coefficient (Wildman–Crippen LogP) is 0.454. The highest BCUT2D eigenvalue weighted by atomic mass is 16.5. The van der Waals surface area contributed by atoms with Gasteiger partial charge in [0.1, 0.15) is 0 Å². The van der Waals surface area contributed by atoms with Crippen LogP contribution >= 0.6 is 0 Å². The number of hydrogen-bond donors (Lipinski definition) is 2. The van der Waals surface area contributed by atoms with E-state index in [1.807, 2.05) is 11.8 Å². The molecule has 2 fully saturated rings. The summed E-state index contributed by atoms with van der Waals surface area (Å²) in [4.78, 5) is 40.3. The van der Waals surface area contributed by atoms with E-state index in [9.17, 15) is 14.4 Å². The molecule has 1 heterocycles. The Bertz CT molecular complexity index is 772. The second-order valence-corrected chi connectivity index (χ2v) is 7.31. The monoisotopic (exact) mass is 404 g/mol. The Morgan fingerprint density at radius 3 is 2.28 bits per heavy atom. The number of benzene rings is 1. The number of methoxy groups -OCH3 is 2. The third kappa shape index (κ3) is 5.17. The van der Waals surface area contributed by atoms with Crippen LogP contribution in [-0.2, 0) is 14.4 Å². The van der Waals surface area contributed by atoms with Gasteiger partial charge in [0.25, 0.3) is 0 Å².